The number of rotatable bonds is 12. The van der Waals surface area contributed by atoms with Gasteiger partial charge < -0.3 is 32.5 Å². The Balaban J connectivity index is 5.11. The highest BCUT2D eigenvalue weighted by atomic mass is 16.4. The van der Waals surface area contributed by atoms with Gasteiger partial charge in [0.15, 0.2) is 0 Å². The van der Waals surface area contributed by atoms with Crippen molar-refractivity contribution >= 4 is 23.7 Å². The van der Waals surface area contributed by atoms with E-state index in [1.165, 1.54) is 6.92 Å². The molecule has 0 rings (SSSR count). The number of carbonyl (C=O) groups excluding carboxylic acids is 3. The average Bonchev–Trinajstić information content (AvgIpc) is 2.57. The zero-order chi connectivity index (χ0) is 20.3. The van der Waals surface area contributed by atoms with E-state index in [2.05, 4.69) is 16.0 Å². The molecule has 0 aliphatic heterocycles. The highest BCUT2D eigenvalue weighted by molar-refractivity contribution is 5.93. The molecule has 0 aromatic heterocycles. The van der Waals surface area contributed by atoms with E-state index in [9.17, 15) is 19.2 Å². The molecule has 8 N–H and O–H groups in total. The third kappa shape index (κ3) is 8.77. The normalized spacial score (nSPS) is 14.2. The highest BCUT2D eigenvalue weighted by Gasteiger charge is 2.29. The van der Waals surface area contributed by atoms with E-state index in [1.807, 2.05) is 0 Å². The molecule has 0 heterocycles. The van der Waals surface area contributed by atoms with Crippen molar-refractivity contribution in [3.8, 4) is 0 Å². The largest absolute Gasteiger partial charge is 0.480 e. The van der Waals surface area contributed by atoms with Gasteiger partial charge in [-0.3, -0.25) is 19.2 Å². The van der Waals surface area contributed by atoms with Crippen LogP contribution in [0.3, 0.4) is 0 Å². The second kappa shape index (κ2) is 12.2. The molecule has 3 unspecified atom stereocenters. The van der Waals surface area contributed by atoms with Gasteiger partial charge in [-0.2, -0.15) is 0 Å². The molecule has 0 spiro atoms. The van der Waals surface area contributed by atoms with Crippen LogP contribution in [-0.4, -0.2) is 60.0 Å². The highest BCUT2D eigenvalue weighted by Crippen LogP contribution is 2.06. The molecule has 10 nitrogen and oxygen atoms in total. The number of hydrogen-bond acceptors (Lipinski definition) is 6. The molecular formula is C16H31N5O5. The fourth-order valence-electron chi connectivity index (χ4n) is 2.17. The van der Waals surface area contributed by atoms with Crippen molar-refractivity contribution in [3.63, 3.8) is 0 Å². The molecule has 0 aromatic carbocycles. The van der Waals surface area contributed by atoms with Gasteiger partial charge in [0.05, 0.1) is 6.54 Å². The number of aliphatic carboxylic acids is 1. The summed E-state index contributed by atoms with van der Waals surface area (Å²) < 4.78 is 0. The summed E-state index contributed by atoms with van der Waals surface area (Å²) in [5.41, 5.74) is 10.7. The Bertz CT molecular complexity index is 497. The van der Waals surface area contributed by atoms with Crippen molar-refractivity contribution < 1.29 is 24.3 Å². The number of amides is 3. The molecule has 0 saturated carbocycles. The van der Waals surface area contributed by atoms with Gasteiger partial charge in [-0.15, -0.1) is 0 Å². The van der Waals surface area contributed by atoms with E-state index in [4.69, 9.17) is 16.6 Å². The van der Waals surface area contributed by atoms with Crippen LogP contribution in [0.4, 0.5) is 0 Å². The van der Waals surface area contributed by atoms with E-state index < -0.39 is 41.8 Å². The maximum absolute atomic E-state index is 12.5. The molecule has 0 aliphatic rings. The summed E-state index contributed by atoms with van der Waals surface area (Å²) in [6.45, 7) is 5.01. The van der Waals surface area contributed by atoms with E-state index in [1.54, 1.807) is 13.8 Å². The third-order valence-corrected chi connectivity index (χ3v) is 3.76. The SMILES string of the molecule is CC(NC(=O)C(CCCCN)NC(=O)C(NC(=O)CN)C(C)C)C(=O)O. The Labute approximate surface area is 153 Å². The van der Waals surface area contributed by atoms with E-state index in [-0.39, 0.29) is 12.5 Å². The molecule has 0 radical (unpaired) electrons. The molecular weight excluding hydrogens is 342 g/mol. The van der Waals surface area contributed by atoms with Crippen LogP contribution in [0.25, 0.3) is 0 Å². The van der Waals surface area contributed by atoms with Crippen LogP contribution in [-0.2, 0) is 19.2 Å². The van der Waals surface area contributed by atoms with Crippen molar-refractivity contribution in [1.29, 1.82) is 0 Å². The Morgan fingerprint density at radius 2 is 1.54 bits per heavy atom. The maximum atomic E-state index is 12.5. The van der Waals surface area contributed by atoms with Crippen molar-refractivity contribution in [3.05, 3.63) is 0 Å². The molecule has 0 bridgehead atoms. The first-order valence-electron chi connectivity index (χ1n) is 8.67. The van der Waals surface area contributed by atoms with Crippen molar-refractivity contribution in [2.45, 2.75) is 58.2 Å². The second-order valence-corrected chi connectivity index (χ2v) is 6.41. The van der Waals surface area contributed by atoms with Crippen LogP contribution in [0.1, 0.15) is 40.0 Å². The summed E-state index contributed by atoms with van der Waals surface area (Å²) in [6, 6.07) is -2.87. The summed E-state index contributed by atoms with van der Waals surface area (Å²) >= 11 is 0. The molecule has 3 amide bonds. The minimum Gasteiger partial charge on any atom is -0.480 e. The van der Waals surface area contributed by atoms with Crippen LogP contribution in [0, 0.1) is 5.92 Å². The van der Waals surface area contributed by atoms with Gasteiger partial charge in [0.25, 0.3) is 0 Å². The van der Waals surface area contributed by atoms with Crippen molar-refractivity contribution in [1.82, 2.24) is 16.0 Å². The topological polar surface area (TPSA) is 177 Å². The molecule has 0 saturated heterocycles. The van der Waals surface area contributed by atoms with E-state index >= 15 is 0 Å². The summed E-state index contributed by atoms with van der Waals surface area (Å²) in [4.78, 5) is 47.3. The standard InChI is InChI=1S/C16H31N5O5/c1-9(2)13(21-12(22)8-18)15(24)20-11(6-4-5-7-17)14(23)19-10(3)16(25)26/h9-11,13H,4-8,17-18H2,1-3H3,(H,19,23)(H,20,24)(H,21,22)(H,25,26). The molecule has 3 atom stereocenters. The third-order valence-electron chi connectivity index (χ3n) is 3.76. The smallest absolute Gasteiger partial charge is 0.325 e. The van der Waals surface area contributed by atoms with E-state index in [0.29, 0.717) is 25.8 Å². The van der Waals surface area contributed by atoms with Crippen LogP contribution in [0.2, 0.25) is 0 Å². The summed E-state index contributed by atoms with van der Waals surface area (Å²) in [7, 11) is 0. The number of unbranched alkanes of at least 4 members (excludes halogenated alkanes) is 1. The lowest BCUT2D eigenvalue weighted by atomic mass is 10.0. The number of carbonyl (C=O) groups is 4. The van der Waals surface area contributed by atoms with Crippen LogP contribution in [0.15, 0.2) is 0 Å². The molecule has 150 valence electrons. The number of carboxylic acid groups (broad SMARTS) is 1. The number of carboxylic acids is 1. The summed E-state index contributed by atoms with van der Waals surface area (Å²) in [5, 5.41) is 16.4. The van der Waals surface area contributed by atoms with Gasteiger partial charge in [-0.1, -0.05) is 13.8 Å². The summed E-state index contributed by atoms with van der Waals surface area (Å²) in [5.74, 6) is -3.02. The van der Waals surface area contributed by atoms with E-state index in [0.717, 1.165) is 0 Å². The van der Waals surface area contributed by atoms with Gasteiger partial charge >= 0.3 is 5.97 Å². The number of hydrogen-bond donors (Lipinski definition) is 6. The minimum absolute atomic E-state index is 0.226. The second-order valence-electron chi connectivity index (χ2n) is 6.41. The van der Waals surface area contributed by atoms with Gasteiger partial charge in [-0.25, -0.2) is 0 Å². The predicted octanol–water partition coefficient (Wildman–Crippen LogP) is -1.71. The first kappa shape index (κ1) is 23.8. The monoisotopic (exact) mass is 373 g/mol. The Morgan fingerprint density at radius 1 is 0.923 bits per heavy atom. The fraction of sp³-hybridized carbons (Fsp3) is 0.750. The molecule has 0 aromatic rings. The lowest BCUT2D eigenvalue weighted by molar-refractivity contribution is -0.141. The van der Waals surface area contributed by atoms with Crippen LogP contribution < -0.4 is 27.4 Å². The minimum atomic E-state index is -1.18. The zero-order valence-corrected chi connectivity index (χ0v) is 15.6. The van der Waals surface area contributed by atoms with Crippen molar-refractivity contribution in [2.75, 3.05) is 13.1 Å². The Kier molecular flexibility index (Phi) is 11.2. The Hall–Kier alpha value is -2.20. The molecule has 26 heavy (non-hydrogen) atoms. The summed E-state index contributed by atoms with van der Waals surface area (Å²) in [6.07, 6.45) is 1.54. The number of nitrogens with one attached hydrogen (secondary N) is 3. The lowest BCUT2D eigenvalue weighted by Crippen LogP contribution is -2.57. The molecule has 0 fully saturated rings. The first-order valence-corrected chi connectivity index (χ1v) is 8.67. The van der Waals surface area contributed by atoms with Crippen molar-refractivity contribution in [2.24, 2.45) is 17.4 Å². The van der Waals surface area contributed by atoms with Gasteiger partial charge in [0.2, 0.25) is 17.7 Å². The Morgan fingerprint density at radius 3 is 2.00 bits per heavy atom. The van der Waals surface area contributed by atoms with Gasteiger partial charge in [-0.05, 0) is 38.6 Å². The zero-order valence-electron chi connectivity index (χ0n) is 15.6. The van der Waals surface area contributed by atoms with Gasteiger partial charge in [0, 0.05) is 0 Å². The predicted molar refractivity (Wildman–Crippen MR) is 95.9 cm³/mol. The molecule has 10 heteroatoms. The number of nitrogens with two attached hydrogens (primary N) is 2. The first-order chi connectivity index (χ1) is 12.1. The fourth-order valence-corrected chi connectivity index (χ4v) is 2.17. The van der Waals surface area contributed by atoms with Crippen LogP contribution in [0.5, 0.6) is 0 Å². The maximum Gasteiger partial charge on any atom is 0.325 e. The quantitative estimate of drug-likeness (QED) is 0.221. The van der Waals surface area contributed by atoms with Crippen LogP contribution >= 0.6 is 0 Å². The average molecular weight is 373 g/mol. The lowest BCUT2D eigenvalue weighted by Gasteiger charge is -2.25. The van der Waals surface area contributed by atoms with Gasteiger partial charge in [0.1, 0.15) is 18.1 Å². The molecule has 0 aliphatic carbocycles.